The van der Waals surface area contributed by atoms with E-state index in [0.29, 0.717) is 21.4 Å². The fraction of sp³-hybridized carbons (Fsp3) is 0.348. The average Bonchev–Trinajstić information content (AvgIpc) is 3.01. The first kappa shape index (κ1) is 20.2. The summed E-state index contributed by atoms with van der Waals surface area (Å²) in [5.74, 6) is 0.598. The number of carbonyl (C=O) groups is 1. The van der Waals surface area contributed by atoms with Crippen LogP contribution < -0.4 is 5.32 Å². The van der Waals surface area contributed by atoms with Crippen molar-refractivity contribution in [2.75, 3.05) is 5.32 Å². The van der Waals surface area contributed by atoms with Crippen LogP contribution in [0.15, 0.2) is 53.4 Å². The number of amides is 1. The van der Waals surface area contributed by atoms with Crippen LogP contribution >= 0.6 is 23.4 Å². The van der Waals surface area contributed by atoms with Gasteiger partial charge in [0.2, 0.25) is 0 Å². The lowest BCUT2D eigenvalue weighted by molar-refractivity contribution is -0.129. The van der Waals surface area contributed by atoms with Crippen molar-refractivity contribution in [1.82, 2.24) is 4.90 Å². The Kier molecular flexibility index (Phi) is 6.07. The van der Waals surface area contributed by atoms with Gasteiger partial charge in [-0.2, -0.15) is 0 Å². The highest BCUT2D eigenvalue weighted by atomic mass is 35.5. The minimum absolute atomic E-state index is 0.0153. The molecule has 6 heteroatoms. The standard InChI is InChI=1S/C23H25ClN2O2S/c1-15-7-5-6-10-19(15)26-22(28)21(14-16-13-17(24)11-12-20(16)27)29-23(26)25-18-8-3-2-4-9-18/h2-4,8-9,11-15,19,23,25,27H,5-7,10H2,1H3/b21-14-/t15-,19-,23?/m0/s1. The Morgan fingerprint density at radius 1 is 1.17 bits per heavy atom. The molecule has 3 atom stereocenters. The molecule has 1 heterocycles. The van der Waals surface area contributed by atoms with Gasteiger partial charge in [0.15, 0.2) is 5.50 Å². The summed E-state index contributed by atoms with van der Waals surface area (Å²) >= 11 is 7.59. The van der Waals surface area contributed by atoms with Crippen molar-refractivity contribution in [1.29, 1.82) is 0 Å². The maximum atomic E-state index is 13.4. The van der Waals surface area contributed by atoms with Gasteiger partial charge in [-0.05, 0) is 55.2 Å². The van der Waals surface area contributed by atoms with Crippen LogP contribution in [0.1, 0.15) is 38.2 Å². The second-order valence-electron chi connectivity index (χ2n) is 7.73. The van der Waals surface area contributed by atoms with Crippen molar-refractivity contribution in [2.45, 2.75) is 44.1 Å². The summed E-state index contributed by atoms with van der Waals surface area (Å²) in [7, 11) is 0. The minimum atomic E-state index is -0.178. The van der Waals surface area contributed by atoms with Gasteiger partial charge < -0.3 is 15.3 Å². The lowest BCUT2D eigenvalue weighted by Crippen LogP contribution is -2.48. The van der Waals surface area contributed by atoms with Crippen molar-refractivity contribution in [3.05, 3.63) is 64.0 Å². The van der Waals surface area contributed by atoms with Crippen LogP contribution in [0, 0.1) is 5.92 Å². The second-order valence-corrected chi connectivity index (χ2v) is 9.29. The Hall–Kier alpha value is -2.11. The fourth-order valence-corrected chi connectivity index (χ4v) is 5.53. The normalized spacial score (nSPS) is 26.1. The number of phenols is 1. The summed E-state index contributed by atoms with van der Waals surface area (Å²) in [4.78, 5) is 16.1. The molecule has 1 aliphatic carbocycles. The first-order valence-electron chi connectivity index (χ1n) is 10.0. The SMILES string of the molecule is C[C@H]1CCCC[C@@H]1N1C(=O)/C(=C/c2cc(Cl)ccc2O)SC1Nc1ccccc1. The smallest absolute Gasteiger partial charge is 0.262 e. The summed E-state index contributed by atoms with van der Waals surface area (Å²) in [6.07, 6.45) is 6.29. The molecule has 2 aromatic rings. The van der Waals surface area contributed by atoms with Gasteiger partial charge in [-0.3, -0.25) is 4.79 Å². The summed E-state index contributed by atoms with van der Waals surface area (Å²) in [6, 6.07) is 15.1. The first-order chi connectivity index (χ1) is 14.0. The van der Waals surface area contributed by atoms with Crippen molar-refractivity contribution >= 4 is 41.0 Å². The highest BCUT2D eigenvalue weighted by molar-refractivity contribution is 8.05. The number of anilines is 1. The number of benzene rings is 2. The molecule has 0 aromatic heterocycles. The average molecular weight is 429 g/mol. The molecule has 4 nitrogen and oxygen atoms in total. The molecular formula is C23H25ClN2O2S. The minimum Gasteiger partial charge on any atom is -0.507 e. The molecule has 29 heavy (non-hydrogen) atoms. The van der Waals surface area contributed by atoms with Crippen molar-refractivity contribution in [3.8, 4) is 5.75 Å². The molecule has 1 saturated heterocycles. The third-order valence-electron chi connectivity index (χ3n) is 5.70. The molecule has 152 valence electrons. The van der Waals surface area contributed by atoms with E-state index >= 15 is 0 Å². The Morgan fingerprint density at radius 3 is 2.69 bits per heavy atom. The highest BCUT2D eigenvalue weighted by Gasteiger charge is 2.42. The Bertz CT molecular complexity index is 918. The van der Waals surface area contributed by atoms with Crippen LogP contribution in [0.3, 0.4) is 0 Å². The number of nitrogens with zero attached hydrogens (tertiary/aromatic N) is 1. The van der Waals surface area contributed by atoms with Crippen molar-refractivity contribution in [2.24, 2.45) is 5.92 Å². The molecule has 1 saturated carbocycles. The van der Waals surface area contributed by atoms with Crippen molar-refractivity contribution in [3.63, 3.8) is 0 Å². The van der Waals surface area contributed by atoms with Gasteiger partial charge in [-0.25, -0.2) is 0 Å². The molecule has 1 aliphatic heterocycles. The Morgan fingerprint density at radius 2 is 1.93 bits per heavy atom. The Balaban J connectivity index is 1.67. The molecule has 2 fully saturated rings. The number of phenolic OH excluding ortho intramolecular Hbond substituents is 1. The third-order valence-corrected chi connectivity index (χ3v) is 7.05. The first-order valence-corrected chi connectivity index (χ1v) is 11.3. The molecule has 1 amide bonds. The van der Waals surface area contributed by atoms with E-state index in [1.165, 1.54) is 18.2 Å². The van der Waals surface area contributed by atoms with Crippen LogP contribution in [0.25, 0.3) is 6.08 Å². The molecule has 0 radical (unpaired) electrons. The molecular weight excluding hydrogens is 404 g/mol. The zero-order valence-electron chi connectivity index (χ0n) is 16.3. The number of halogens is 1. The van der Waals surface area contributed by atoms with Gasteiger partial charge in [0.05, 0.1) is 4.91 Å². The molecule has 2 aliphatic rings. The van der Waals surface area contributed by atoms with E-state index in [-0.39, 0.29) is 23.2 Å². The van der Waals surface area contributed by atoms with Crippen LogP contribution in [-0.4, -0.2) is 27.5 Å². The monoisotopic (exact) mass is 428 g/mol. The van der Waals surface area contributed by atoms with Gasteiger partial charge in [-0.15, -0.1) is 0 Å². The van der Waals surface area contributed by atoms with Crippen LogP contribution in [-0.2, 0) is 4.79 Å². The lowest BCUT2D eigenvalue weighted by atomic mass is 9.85. The number of para-hydroxylation sites is 1. The zero-order valence-corrected chi connectivity index (χ0v) is 17.9. The number of thioether (sulfide) groups is 1. The molecule has 1 unspecified atom stereocenters. The van der Waals surface area contributed by atoms with E-state index in [4.69, 9.17) is 11.6 Å². The van der Waals surface area contributed by atoms with E-state index in [9.17, 15) is 9.90 Å². The number of aromatic hydroxyl groups is 1. The van der Waals surface area contributed by atoms with Gasteiger partial charge in [0.1, 0.15) is 5.75 Å². The van der Waals surface area contributed by atoms with Crippen LogP contribution in [0.2, 0.25) is 5.02 Å². The van der Waals surface area contributed by atoms with Gasteiger partial charge in [0, 0.05) is 22.3 Å². The van der Waals surface area contributed by atoms with E-state index < -0.39 is 0 Å². The number of rotatable bonds is 4. The maximum Gasteiger partial charge on any atom is 0.262 e. The predicted molar refractivity (Wildman–Crippen MR) is 121 cm³/mol. The third kappa shape index (κ3) is 4.41. The molecule has 0 bridgehead atoms. The van der Waals surface area contributed by atoms with Crippen LogP contribution in [0.4, 0.5) is 5.69 Å². The second kappa shape index (κ2) is 8.72. The summed E-state index contributed by atoms with van der Waals surface area (Å²) in [5, 5.41) is 14.2. The van der Waals surface area contributed by atoms with E-state index in [1.54, 1.807) is 24.3 Å². The van der Waals surface area contributed by atoms with Crippen molar-refractivity contribution < 1.29 is 9.90 Å². The van der Waals surface area contributed by atoms with E-state index in [0.717, 1.165) is 24.9 Å². The number of carbonyl (C=O) groups excluding carboxylic acids is 1. The fourth-order valence-electron chi connectivity index (χ4n) is 4.15. The molecule has 2 aromatic carbocycles. The molecule has 4 rings (SSSR count). The summed E-state index contributed by atoms with van der Waals surface area (Å²) in [5.41, 5.74) is 1.37. The molecule has 0 spiro atoms. The molecule has 2 N–H and O–H groups in total. The lowest BCUT2D eigenvalue weighted by Gasteiger charge is -2.39. The summed E-state index contributed by atoms with van der Waals surface area (Å²) < 4.78 is 0. The largest absolute Gasteiger partial charge is 0.507 e. The summed E-state index contributed by atoms with van der Waals surface area (Å²) in [6.45, 7) is 2.24. The van der Waals surface area contributed by atoms with Gasteiger partial charge in [-0.1, -0.05) is 61.3 Å². The zero-order chi connectivity index (χ0) is 20.4. The number of nitrogens with one attached hydrogen (secondary N) is 1. The quantitative estimate of drug-likeness (QED) is 0.592. The van der Waals surface area contributed by atoms with Gasteiger partial charge >= 0.3 is 0 Å². The van der Waals surface area contributed by atoms with Crippen LogP contribution in [0.5, 0.6) is 5.75 Å². The Labute approximate surface area is 180 Å². The predicted octanol–water partition coefficient (Wildman–Crippen LogP) is 5.94. The van der Waals surface area contributed by atoms with Gasteiger partial charge in [0.25, 0.3) is 5.91 Å². The maximum absolute atomic E-state index is 13.4. The highest BCUT2D eigenvalue weighted by Crippen LogP contribution is 2.42. The number of hydrogen-bond donors (Lipinski definition) is 2. The topological polar surface area (TPSA) is 52.6 Å². The van der Waals surface area contributed by atoms with E-state index in [1.807, 2.05) is 35.2 Å². The number of hydrogen-bond acceptors (Lipinski definition) is 4. The van der Waals surface area contributed by atoms with E-state index in [2.05, 4.69) is 12.2 Å².